The summed E-state index contributed by atoms with van der Waals surface area (Å²) in [5.74, 6) is 0.704. The van der Waals surface area contributed by atoms with E-state index in [0.29, 0.717) is 18.3 Å². The molecule has 0 fully saturated rings. The summed E-state index contributed by atoms with van der Waals surface area (Å²) < 4.78 is 8.15. The van der Waals surface area contributed by atoms with Crippen LogP contribution in [0.1, 0.15) is 30.5 Å². The molecule has 0 saturated heterocycles. The van der Waals surface area contributed by atoms with Crippen LogP contribution in [0.25, 0.3) is 17.0 Å². The Labute approximate surface area is 208 Å². The minimum atomic E-state index is -0.413. The molecule has 2 aliphatic heterocycles. The number of thioether (sulfide) groups is 1. The SMILES string of the molecule is Cc1cc(C)cc(OCCn2cc(/C=C3/C(=N)N4N=C(C(C)C)SC4=NC3=O)c3ccccc32)c1. The first-order valence-electron chi connectivity index (χ1n) is 11.6. The molecule has 35 heavy (non-hydrogen) atoms. The van der Waals surface area contributed by atoms with Gasteiger partial charge in [-0.05, 0) is 61.0 Å². The van der Waals surface area contributed by atoms with Gasteiger partial charge in [0.15, 0.2) is 5.84 Å². The molecular weight excluding hydrogens is 458 g/mol. The third-order valence-corrected chi connectivity index (χ3v) is 7.09. The molecule has 0 unspecified atom stereocenters. The Morgan fingerprint density at radius 3 is 2.63 bits per heavy atom. The number of benzene rings is 2. The minimum absolute atomic E-state index is 0.0538. The van der Waals surface area contributed by atoms with E-state index in [0.717, 1.165) is 27.3 Å². The number of rotatable bonds is 6. The fourth-order valence-electron chi connectivity index (χ4n) is 4.25. The predicted octanol–water partition coefficient (Wildman–Crippen LogP) is 5.61. The molecule has 3 heterocycles. The van der Waals surface area contributed by atoms with Crippen LogP contribution >= 0.6 is 11.8 Å². The number of nitrogens with zero attached hydrogens (tertiary/aromatic N) is 4. The number of ether oxygens (including phenoxy) is 1. The lowest BCUT2D eigenvalue weighted by molar-refractivity contribution is -0.114. The van der Waals surface area contributed by atoms with Crippen molar-refractivity contribution in [2.24, 2.45) is 16.0 Å². The van der Waals surface area contributed by atoms with Crippen molar-refractivity contribution in [3.8, 4) is 5.75 Å². The van der Waals surface area contributed by atoms with Crippen molar-refractivity contribution in [1.82, 2.24) is 9.58 Å². The molecule has 7 nitrogen and oxygen atoms in total. The number of aryl methyl sites for hydroxylation is 2. The number of hydrogen-bond acceptors (Lipinski definition) is 5. The van der Waals surface area contributed by atoms with Crippen molar-refractivity contribution in [2.45, 2.75) is 34.2 Å². The lowest BCUT2D eigenvalue weighted by Gasteiger charge is -2.20. The molecule has 0 spiro atoms. The highest BCUT2D eigenvalue weighted by molar-refractivity contribution is 8.27. The summed E-state index contributed by atoms with van der Waals surface area (Å²) in [4.78, 5) is 17.0. The highest BCUT2D eigenvalue weighted by Gasteiger charge is 2.36. The zero-order chi connectivity index (χ0) is 24.7. The molecule has 5 rings (SSSR count). The second-order valence-corrected chi connectivity index (χ2v) is 10.1. The molecule has 2 aliphatic rings. The Morgan fingerprint density at radius 2 is 1.89 bits per heavy atom. The Kier molecular flexibility index (Phi) is 6.06. The fourth-order valence-corrected chi connectivity index (χ4v) is 5.14. The van der Waals surface area contributed by atoms with Gasteiger partial charge in [0.25, 0.3) is 5.91 Å². The van der Waals surface area contributed by atoms with Crippen LogP contribution in [0, 0.1) is 25.2 Å². The minimum Gasteiger partial charge on any atom is -0.492 e. The molecule has 2 aromatic carbocycles. The number of amidine groups is 2. The summed E-state index contributed by atoms with van der Waals surface area (Å²) in [6, 6.07) is 14.2. The van der Waals surface area contributed by atoms with E-state index in [2.05, 4.69) is 40.6 Å². The van der Waals surface area contributed by atoms with Gasteiger partial charge < -0.3 is 9.30 Å². The molecule has 1 N–H and O–H groups in total. The van der Waals surface area contributed by atoms with Crippen molar-refractivity contribution in [2.75, 3.05) is 6.61 Å². The summed E-state index contributed by atoms with van der Waals surface area (Å²) in [6.45, 7) is 9.35. The number of nitrogens with one attached hydrogen (secondary N) is 1. The smallest absolute Gasteiger partial charge is 0.283 e. The van der Waals surface area contributed by atoms with Gasteiger partial charge in [-0.15, -0.1) is 0 Å². The molecule has 0 atom stereocenters. The maximum Gasteiger partial charge on any atom is 0.283 e. The lowest BCUT2D eigenvalue weighted by Crippen LogP contribution is -2.35. The Morgan fingerprint density at radius 1 is 1.14 bits per heavy atom. The topological polar surface area (TPSA) is 83.0 Å². The molecule has 0 saturated carbocycles. The second kappa shape index (κ2) is 9.19. The predicted molar refractivity (Wildman–Crippen MR) is 143 cm³/mol. The van der Waals surface area contributed by atoms with Crippen LogP contribution in [-0.2, 0) is 11.3 Å². The van der Waals surface area contributed by atoms with E-state index in [1.807, 2.05) is 50.4 Å². The van der Waals surface area contributed by atoms with Gasteiger partial charge in [0, 0.05) is 28.6 Å². The first kappa shape index (κ1) is 23.1. The van der Waals surface area contributed by atoms with Crippen molar-refractivity contribution in [3.05, 3.63) is 70.9 Å². The van der Waals surface area contributed by atoms with Crippen LogP contribution < -0.4 is 4.74 Å². The highest BCUT2D eigenvalue weighted by Crippen LogP contribution is 2.32. The number of hydrogen-bond donors (Lipinski definition) is 1. The molecule has 0 radical (unpaired) electrons. The zero-order valence-corrected chi connectivity index (χ0v) is 21.0. The number of carbonyl (C=O) groups excluding carboxylic acids is 1. The average Bonchev–Trinajstić information content (AvgIpc) is 3.38. The highest BCUT2D eigenvalue weighted by atomic mass is 32.2. The van der Waals surface area contributed by atoms with Crippen LogP contribution in [0.4, 0.5) is 0 Å². The number of aromatic nitrogens is 1. The summed E-state index contributed by atoms with van der Waals surface area (Å²) in [7, 11) is 0. The largest absolute Gasteiger partial charge is 0.492 e. The third kappa shape index (κ3) is 4.53. The monoisotopic (exact) mass is 485 g/mol. The summed E-state index contributed by atoms with van der Waals surface area (Å²) in [6.07, 6.45) is 3.76. The normalized spacial score (nSPS) is 16.8. The Bertz CT molecular complexity index is 1430. The van der Waals surface area contributed by atoms with E-state index in [4.69, 9.17) is 10.1 Å². The van der Waals surface area contributed by atoms with Crippen LogP contribution in [0.15, 0.2) is 64.3 Å². The van der Waals surface area contributed by atoms with Crippen molar-refractivity contribution in [3.63, 3.8) is 0 Å². The van der Waals surface area contributed by atoms with Gasteiger partial charge in [-0.25, -0.2) is 0 Å². The van der Waals surface area contributed by atoms with Gasteiger partial charge >= 0.3 is 0 Å². The molecule has 8 heteroatoms. The maximum absolute atomic E-state index is 12.8. The Hall–Kier alpha value is -3.65. The van der Waals surface area contributed by atoms with Gasteiger partial charge in [-0.3, -0.25) is 10.2 Å². The van der Waals surface area contributed by atoms with Gasteiger partial charge in [0.2, 0.25) is 5.17 Å². The maximum atomic E-state index is 12.8. The van der Waals surface area contributed by atoms with E-state index < -0.39 is 5.91 Å². The second-order valence-electron chi connectivity index (χ2n) is 9.08. The van der Waals surface area contributed by atoms with E-state index in [1.54, 1.807) is 6.08 Å². The summed E-state index contributed by atoms with van der Waals surface area (Å²) in [5.41, 5.74) is 4.48. The van der Waals surface area contributed by atoms with Gasteiger partial charge in [0.05, 0.1) is 12.1 Å². The van der Waals surface area contributed by atoms with Gasteiger partial charge in [0.1, 0.15) is 17.4 Å². The van der Waals surface area contributed by atoms with Gasteiger partial charge in [-0.1, -0.05) is 38.1 Å². The zero-order valence-electron chi connectivity index (χ0n) is 20.2. The standard InChI is InChI=1S/C27H27N5O2S/c1-16(2)26-30-32-24(28)22(25(33)29-27(32)35-26)14-19-15-31(23-8-6-5-7-21(19)23)9-10-34-20-12-17(3)11-18(4)13-20/h5-8,11-16,28H,9-10H2,1-4H3/b22-14-,28-24?. The van der Waals surface area contributed by atoms with Crippen molar-refractivity contribution in [1.29, 1.82) is 5.41 Å². The van der Waals surface area contributed by atoms with Crippen molar-refractivity contribution < 1.29 is 9.53 Å². The van der Waals surface area contributed by atoms with E-state index >= 15 is 0 Å². The molecule has 1 aromatic heterocycles. The van der Waals surface area contributed by atoms with Crippen LogP contribution in [0.5, 0.6) is 5.75 Å². The third-order valence-electron chi connectivity index (χ3n) is 5.88. The fraction of sp³-hybridized carbons (Fsp3) is 0.259. The van der Waals surface area contributed by atoms with Gasteiger partial charge in [-0.2, -0.15) is 15.1 Å². The summed E-state index contributed by atoms with van der Waals surface area (Å²) >= 11 is 1.35. The van der Waals surface area contributed by atoms with Crippen LogP contribution in [0.3, 0.4) is 0 Å². The molecule has 0 aliphatic carbocycles. The molecule has 178 valence electrons. The number of aliphatic imine (C=N–C) groups is 1. The van der Waals surface area contributed by atoms with Crippen LogP contribution in [0.2, 0.25) is 0 Å². The van der Waals surface area contributed by atoms with E-state index in [1.165, 1.54) is 27.9 Å². The quantitative estimate of drug-likeness (QED) is 0.460. The first-order valence-corrected chi connectivity index (χ1v) is 12.4. The molecule has 0 bridgehead atoms. The first-order chi connectivity index (χ1) is 16.8. The molecular formula is C27H27N5O2S. The summed E-state index contributed by atoms with van der Waals surface area (Å²) in [5, 5.41) is 16.9. The van der Waals surface area contributed by atoms with E-state index in [-0.39, 0.29) is 17.3 Å². The Balaban J connectivity index is 1.42. The number of para-hydroxylation sites is 1. The number of amides is 1. The number of carbonyl (C=O) groups is 1. The number of hydrazone groups is 1. The number of fused-ring (bicyclic) bond motifs is 2. The molecule has 1 amide bonds. The van der Waals surface area contributed by atoms with Crippen LogP contribution in [-0.4, -0.2) is 38.1 Å². The average molecular weight is 486 g/mol. The van der Waals surface area contributed by atoms with Crippen molar-refractivity contribution >= 4 is 50.7 Å². The molecule has 3 aromatic rings. The lowest BCUT2D eigenvalue weighted by atomic mass is 10.1. The van der Waals surface area contributed by atoms with E-state index in [9.17, 15) is 4.79 Å².